The molecule has 2 heterocycles. The van der Waals surface area contributed by atoms with Gasteiger partial charge in [0.05, 0.1) is 11.2 Å². The highest BCUT2D eigenvalue weighted by atomic mass is 19.1. The minimum absolute atomic E-state index is 0.145. The molecule has 2 aromatic heterocycles. The van der Waals surface area contributed by atoms with Crippen LogP contribution in [0, 0.1) is 12.9 Å². The molecule has 1 aromatic carbocycles. The summed E-state index contributed by atoms with van der Waals surface area (Å²) in [5.74, 6) is -0.165. The minimum atomic E-state index is -0.572. The monoisotopic (exact) mass is 335 g/mol. The molecule has 5 heteroatoms. The molecule has 0 saturated carbocycles. The summed E-state index contributed by atoms with van der Waals surface area (Å²) in [7, 11) is 0. The Hall–Kier alpha value is -2.82. The number of para-hydroxylation sites is 1. The maximum absolute atomic E-state index is 13.9. The van der Waals surface area contributed by atoms with Crippen molar-refractivity contribution in [1.82, 2.24) is 15.0 Å². The van der Waals surface area contributed by atoms with Crippen molar-refractivity contribution in [3.8, 4) is 11.3 Å². The van der Waals surface area contributed by atoms with Gasteiger partial charge in [-0.05, 0) is 31.9 Å². The number of aryl methyl sites for hydroxylation is 1. The first-order chi connectivity index (χ1) is 12.1. The summed E-state index contributed by atoms with van der Waals surface area (Å²) in [6.45, 7) is 5.41. The molecule has 0 aliphatic heterocycles. The standard InChI is InChI=1S/C20H18FN3O/c1-3-5-12-8-9-17(25)14-10-16(23-18(12)14)13-6-4-7-15-19(13)24-20(21)11(2)22-15/h3-4,6-7,10,12,23H,1,5,8-9H2,2H3. The van der Waals surface area contributed by atoms with E-state index in [1.807, 2.05) is 30.3 Å². The third kappa shape index (κ3) is 2.56. The first-order valence-corrected chi connectivity index (χ1v) is 8.38. The Bertz CT molecular complexity index is 1010. The van der Waals surface area contributed by atoms with Crippen LogP contribution in [0.25, 0.3) is 22.3 Å². The number of allylic oxidation sites excluding steroid dienone is 1. The number of aromatic nitrogens is 3. The number of halogens is 1. The third-order valence-electron chi connectivity index (χ3n) is 4.83. The normalized spacial score (nSPS) is 16.9. The number of hydrogen-bond acceptors (Lipinski definition) is 3. The van der Waals surface area contributed by atoms with Gasteiger partial charge in [0.25, 0.3) is 0 Å². The van der Waals surface area contributed by atoms with E-state index in [1.54, 1.807) is 6.92 Å². The topological polar surface area (TPSA) is 58.6 Å². The first kappa shape index (κ1) is 15.7. The molecular weight excluding hydrogens is 317 g/mol. The second-order valence-corrected chi connectivity index (χ2v) is 6.47. The molecule has 1 atom stereocenters. The molecule has 1 unspecified atom stereocenters. The number of carbonyl (C=O) groups is 1. The molecule has 0 saturated heterocycles. The highest BCUT2D eigenvalue weighted by molar-refractivity contribution is 6.01. The van der Waals surface area contributed by atoms with Gasteiger partial charge in [-0.25, -0.2) is 9.97 Å². The summed E-state index contributed by atoms with van der Waals surface area (Å²) < 4.78 is 13.9. The van der Waals surface area contributed by atoms with E-state index < -0.39 is 5.95 Å². The van der Waals surface area contributed by atoms with E-state index in [2.05, 4.69) is 21.5 Å². The summed E-state index contributed by atoms with van der Waals surface area (Å²) in [4.78, 5) is 24.0. The number of aromatic amines is 1. The van der Waals surface area contributed by atoms with Crippen molar-refractivity contribution in [3.05, 3.63) is 59.8 Å². The number of fused-ring (bicyclic) bond motifs is 2. The number of Topliss-reactive ketones (excluding diaryl/α,β-unsaturated/α-hetero) is 1. The molecule has 0 spiro atoms. The zero-order chi connectivity index (χ0) is 17.6. The van der Waals surface area contributed by atoms with Crippen LogP contribution in [-0.2, 0) is 0 Å². The van der Waals surface area contributed by atoms with Gasteiger partial charge in [0, 0.05) is 34.9 Å². The number of carbonyl (C=O) groups excluding carboxylic acids is 1. The molecule has 0 bridgehead atoms. The fraction of sp³-hybridized carbons (Fsp3) is 0.250. The second-order valence-electron chi connectivity index (χ2n) is 6.47. The SMILES string of the molecule is C=CCC1CCC(=O)c2cc(-c3cccc4nc(C)c(F)nc34)[nH]c21. The lowest BCUT2D eigenvalue weighted by molar-refractivity contribution is 0.0967. The maximum atomic E-state index is 13.9. The Morgan fingerprint density at radius 3 is 3.00 bits per heavy atom. The predicted molar refractivity (Wildman–Crippen MR) is 95.1 cm³/mol. The van der Waals surface area contributed by atoms with E-state index >= 15 is 0 Å². The van der Waals surface area contributed by atoms with Crippen molar-refractivity contribution < 1.29 is 9.18 Å². The van der Waals surface area contributed by atoms with Gasteiger partial charge in [-0.3, -0.25) is 4.79 Å². The second kappa shape index (κ2) is 5.92. The van der Waals surface area contributed by atoms with Gasteiger partial charge in [0.1, 0.15) is 5.52 Å². The van der Waals surface area contributed by atoms with Crippen molar-refractivity contribution in [1.29, 1.82) is 0 Å². The van der Waals surface area contributed by atoms with Crippen molar-refractivity contribution in [2.24, 2.45) is 0 Å². The van der Waals surface area contributed by atoms with E-state index in [4.69, 9.17) is 0 Å². The van der Waals surface area contributed by atoms with Gasteiger partial charge in [-0.2, -0.15) is 4.39 Å². The molecule has 1 aliphatic carbocycles. The van der Waals surface area contributed by atoms with Gasteiger partial charge in [0.2, 0.25) is 5.95 Å². The Morgan fingerprint density at radius 1 is 1.36 bits per heavy atom. The molecule has 4 nitrogen and oxygen atoms in total. The first-order valence-electron chi connectivity index (χ1n) is 8.38. The average Bonchev–Trinajstić information content (AvgIpc) is 3.04. The molecule has 126 valence electrons. The van der Waals surface area contributed by atoms with E-state index in [1.165, 1.54) is 0 Å². The largest absolute Gasteiger partial charge is 0.357 e. The molecule has 4 rings (SSSR count). The van der Waals surface area contributed by atoms with Crippen LogP contribution < -0.4 is 0 Å². The zero-order valence-electron chi connectivity index (χ0n) is 14.0. The van der Waals surface area contributed by atoms with Gasteiger partial charge >= 0.3 is 0 Å². The van der Waals surface area contributed by atoms with Gasteiger partial charge in [-0.15, -0.1) is 6.58 Å². The third-order valence-corrected chi connectivity index (χ3v) is 4.83. The highest BCUT2D eigenvalue weighted by Crippen LogP contribution is 2.37. The lowest BCUT2D eigenvalue weighted by Crippen LogP contribution is -2.14. The number of ketones is 1. The molecular formula is C20H18FN3O. The van der Waals surface area contributed by atoms with Crippen molar-refractivity contribution in [3.63, 3.8) is 0 Å². The Morgan fingerprint density at radius 2 is 2.20 bits per heavy atom. The molecule has 1 aliphatic rings. The summed E-state index contributed by atoms with van der Waals surface area (Å²) >= 11 is 0. The summed E-state index contributed by atoms with van der Waals surface area (Å²) in [5, 5.41) is 0. The van der Waals surface area contributed by atoms with Crippen LogP contribution in [0.1, 0.15) is 46.9 Å². The zero-order valence-corrected chi connectivity index (χ0v) is 14.0. The molecule has 3 aromatic rings. The fourth-order valence-corrected chi connectivity index (χ4v) is 3.55. The number of nitrogens with one attached hydrogen (secondary N) is 1. The van der Waals surface area contributed by atoms with Crippen LogP contribution in [0.15, 0.2) is 36.9 Å². The van der Waals surface area contributed by atoms with Crippen molar-refractivity contribution in [2.45, 2.75) is 32.1 Å². The summed E-state index contributed by atoms with van der Waals surface area (Å²) in [5.41, 5.74) is 4.61. The Kier molecular flexibility index (Phi) is 3.71. The fourth-order valence-electron chi connectivity index (χ4n) is 3.55. The number of H-pyrrole nitrogens is 1. The quantitative estimate of drug-likeness (QED) is 0.705. The van der Waals surface area contributed by atoms with E-state index in [0.717, 1.165) is 35.4 Å². The smallest absolute Gasteiger partial charge is 0.234 e. The van der Waals surface area contributed by atoms with E-state index in [-0.39, 0.29) is 17.4 Å². The molecule has 0 fully saturated rings. The number of hydrogen-bond donors (Lipinski definition) is 1. The lowest BCUT2D eigenvalue weighted by atomic mass is 9.85. The molecule has 0 radical (unpaired) electrons. The molecule has 1 N–H and O–H groups in total. The highest BCUT2D eigenvalue weighted by Gasteiger charge is 2.28. The Labute approximate surface area is 144 Å². The maximum Gasteiger partial charge on any atom is 0.234 e. The number of benzene rings is 1. The van der Waals surface area contributed by atoms with Crippen LogP contribution in [0.4, 0.5) is 4.39 Å². The average molecular weight is 335 g/mol. The molecule has 25 heavy (non-hydrogen) atoms. The van der Waals surface area contributed by atoms with Crippen LogP contribution in [0.2, 0.25) is 0 Å². The number of rotatable bonds is 3. The van der Waals surface area contributed by atoms with Gasteiger partial charge < -0.3 is 4.98 Å². The Balaban J connectivity index is 1.90. The van der Waals surface area contributed by atoms with Crippen LogP contribution >= 0.6 is 0 Å². The van der Waals surface area contributed by atoms with Crippen molar-refractivity contribution >= 4 is 16.8 Å². The minimum Gasteiger partial charge on any atom is -0.357 e. The van der Waals surface area contributed by atoms with Gasteiger partial charge in [0.15, 0.2) is 5.78 Å². The predicted octanol–water partition coefficient (Wildman–Crippen LogP) is 4.71. The lowest BCUT2D eigenvalue weighted by Gasteiger charge is -2.20. The van der Waals surface area contributed by atoms with E-state index in [9.17, 15) is 9.18 Å². The summed E-state index contributed by atoms with van der Waals surface area (Å²) in [6, 6.07) is 7.41. The summed E-state index contributed by atoms with van der Waals surface area (Å²) in [6.07, 6.45) is 4.07. The van der Waals surface area contributed by atoms with Crippen LogP contribution in [-0.4, -0.2) is 20.7 Å². The van der Waals surface area contributed by atoms with E-state index in [0.29, 0.717) is 17.5 Å². The van der Waals surface area contributed by atoms with Crippen molar-refractivity contribution in [2.75, 3.05) is 0 Å². The molecule has 0 amide bonds. The van der Waals surface area contributed by atoms with Gasteiger partial charge in [-0.1, -0.05) is 18.2 Å². The van der Waals surface area contributed by atoms with Crippen LogP contribution in [0.3, 0.4) is 0 Å². The number of nitrogens with zero attached hydrogens (tertiary/aromatic N) is 2. The van der Waals surface area contributed by atoms with Crippen LogP contribution in [0.5, 0.6) is 0 Å².